The molecular formula is C24H29F3N4O3. The van der Waals surface area contributed by atoms with Crippen molar-refractivity contribution in [3.8, 4) is 0 Å². The van der Waals surface area contributed by atoms with Gasteiger partial charge in [-0.15, -0.1) is 0 Å². The summed E-state index contributed by atoms with van der Waals surface area (Å²) in [5.74, 6) is -2.88. The predicted molar refractivity (Wildman–Crippen MR) is 123 cm³/mol. The number of halogens is 3. The highest BCUT2D eigenvalue weighted by Gasteiger charge is 2.38. The Morgan fingerprint density at radius 1 is 1.18 bits per heavy atom. The number of amides is 1. The SMILES string of the molecule is Cc1cc(NC(=O)c2cccnc2)ccc1N1CCC(N2CCCC2C)C1.O=C(O)C(F)(F)F. The number of aryl methyl sites for hydroxylation is 1. The zero-order valence-corrected chi connectivity index (χ0v) is 19.2. The molecule has 2 N–H and O–H groups in total. The second-order valence-electron chi connectivity index (χ2n) is 8.62. The van der Waals surface area contributed by atoms with Gasteiger partial charge in [-0.3, -0.25) is 14.7 Å². The number of nitrogens with one attached hydrogen (secondary N) is 1. The number of hydrogen-bond donors (Lipinski definition) is 2. The van der Waals surface area contributed by atoms with Crippen LogP contribution in [-0.2, 0) is 4.79 Å². The van der Waals surface area contributed by atoms with Crippen LogP contribution >= 0.6 is 0 Å². The number of aliphatic carboxylic acids is 1. The number of carbonyl (C=O) groups is 2. The van der Waals surface area contributed by atoms with E-state index in [2.05, 4.69) is 46.1 Å². The molecular weight excluding hydrogens is 449 g/mol. The van der Waals surface area contributed by atoms with Crippen molar-refractivity contribution in [1.29, 1.82) is 0 Å². The van der Waals surface area contributed by atoms with E-state index in [1.54, 1.807) is 24.5 Å². The van der Waals surface area contributed by atoms with Crippen LogP contribution in [0.15, 0.2) is 42.7 Å². The second-order valence-corrected chi connectivity index (χ2v) is 8.62. The summed E-state index contributed by atoms with van der Waals surface area (Å²) in [6.07, 6.45) is 2.08. The molecule has 3 heterocycles. The first-order chi connectivity index (χ1) is 16.1. The van der Waals surface area contributed by atoms with Gasteiger partial charge in [-0.2, -0.15) is 13.2 Å². The fourth-order valence-electron chi connectivity index (χ4n) is 4.52. The number of aromatic nitrogens is 1. The van der Waals surface area contributed by atoms with E-state index in [0.717, 1.165) is 24.8 Å². The van der Waals surface area contributed by atoms with Gasteiger partial charge in [0.1, 0.15) is 0 Å². The zero-order chi connectivity index (χ0) is 24.9. The monoisotopic (exact) mass is 478 g/mol. The molecule has 2 aromatic rings. The summed E-state index contributed by atoms with van der Waals surface area (Å²) in [5, 5.41) is 10.1. The van der Waals surface area contributed by atoms with Crippen LogP contribution in [0.1, 0.15) is 42.1 Å². The van der Waals surface area contributed by atoms with Gasteiger partial charge < -0.3 is 15.3 Å². The number of pyridine rings is 1. The molecule has 1 aromatic carbocycles. The maximum absolute atomic E-state index is 12.3. The standard InChI is InChI=1S/C22H28N4O.C2HF3O2/c1-16-13-19(24-22(27)18-6-3-10-23-14-18)7-8-21(16)25-12-9-20(15-25)26-11-4-5-17(26)2;3-2(4,5)1(6)7/h3,6-8,10,13-14,17,20H,4-5,9,11-12,15H2,1-2H3,(H,24,27);(H,6,7). The summed E-state index contributed by atoms with van der Waals surface area (Å²) in [5.41, 5.74) is 3.88. The van der Waals surface area contributed by atoms with Crippen molar-refractivity contribution in [2.24, 2.45) is 0 Å². The lowest BCUT2D eigenvalue weighted by atomic mass is 10.1. The van der Waals surface area contributed by atoms with Crippen molar-refractivity contribution in [3.63, 3.8) is 0 Å². The lowest BCUT2D eigenvalue weighted by molar-refractivity contribution is -0.192. The van der Waals surface area contributed by atoms with Crippen molar-refractivity contribution in [3.05, 3.63) is 53.9 Å². The van der Waals surface area contributed by atoms with Crippen molar-refractivity contribution in [2.75, 3.05) is 29.9 Å². The Balaban J connectivity index is 0.000000406. The van der Waals surface area contributed by atoms with Crippen LogP contribution in [0.25, 0.3) is 0 Å². The molecule has 0 aliphatic carbocycles. The third-order valence-corrected chi connectivity index (χ3v) is 6.20. The van der Waals surface area contributed by atoms with Gasteiger partial charge in [0.05, 0.1) is 5.56 Å². The molecule has 7 nitrogen and oxygen atoms in total. The number of carbonyl (C=O) groups excluding carboxylic acids is 1. The predicted octanol–water partition coefficient (Wildman–Crippen LogP) is 4.34. The first-order valence-corrected chi connectivity index (χ1v) is 11.2. The van der Waals surface area contributed by atoms with Gasteiger partial charge in [0.15, 0.2) is 0 Å². The lowest BCUT2D eigenvalue weighted by Crippen LogP contribution is -2.39. The third-order valence-electron chi connectivity index (χ3n) is 6.20. The summed E-state index contributed by atoms with van der Waals surface area (Å²) in [4.78, 5) is 30.4. The molecule has 10 heteroatoms. The minimum absolute atomic E-state index is 0.125. The highest BCUT2D eigenvalue weighted by Crippen LogP contribution is 2.31. The van der Waals surface area contributed by atoms with Gasteiger partial charge in [0, 0.05) is 48.9 Å². The number of alkyl halides is 3. The molecule has 2 unspecified atom stereocenters. The van der Waals surface area contributed by atoms with Crippen LogP contribution in [0.3, 0.4) is 0 Å². The van der Waals surface area contributed by atoms with Gasteiger partial charge in [-0.05, 0) is 75.5 Å². The number of hydrogen-bond acceptors (Lipinski definition) is 5. The smallest absolute Gasteiger partial charge is 0.475 e. The molecule has 1 aromatic heterocycles. The molecule has 34 heavy (non-hydrogen) atoms. The molecule has 2 saturated heterocycles. The first-order valence-electron chi connectivity index (χ1n) is 11.2. The highest BCUT2D eigenvalue weighted by atomic mass is 19.4. The summed E-state index contributed by atoms with van der Waals surface area (Å²) in [6, 6.07) is 11.1. The summed E-state index contributed by atoms with van der Waals surface area (Å²) < 4.78 is 31.7. The maximum atomic E-state index is 12.3. The number of likely N-dealkylation sites (tertiary alicyclic amines) is 1. The van der Waals surface area contributed by atoms with Crippen molar-refractivity contribution < 1.29 is 27.9 Å². The summed E-state index contributed by atoms with van der Waals surface area (Å²) in [7, 11) is 0. The van der Waals surface area contributed by atoms with Crippen molar-refractivity contribution >= 4 is 23.3 Å². The van der Waals surface area contributed by atoms with Crippen LogP contribution < -0.4 is 10.2 Å². The minimum Gasteiger partial charge on any atom is -0.475 e. The number of anilines is 2. The Morgan fingerprint density at radius 2 is 1.91 bits per heavy atom. The second kappa shape index (κ2) is 10.9. The zero-order valence-electron chi connectivity index (χ0n) is 19.2. The summed E-state index contributed by atoms with van der Waals surface area (Å²) >= 11 is 0. The van der Waals surface area contributed by atoms with E-state index in [-0.39, 0.29) is 5.91 Å². The van der Waals surface area contributed by atoms with Crippen LogP contribution in [0, 0.1) is 6.92 Å². The van der Waals surface area contributed by atoms with Gasteiger partial charge in [-0.1, -0.05) is 0 Å². The van der Waals surface area contributed by atoms with Crippen LogP contribution in [0.4, 0.5) is 24.5 Å². The molecule has 1 amide bonds. The number of benzene rings is 1. The molecule has 4 rings (SSSR count). The number of carboxylic acids is 1. The van der Waals surface area contributed by atoms with Gasteiger partial charge in [-0.25, -0.2) is 4.79 Å². The maximum Gasteiger partial charge on any atom is 0.490 e. The van der Waals surface area contributed by atoms with E-state index < -0.39 is 12.1 Å². The molecule has 0 bridgehead atoms. The number of carboxylic acid groups (broad SMARTS) is 1. The average Bonchev–Trinajstić information content (AvgIpc) is 3.43. The van der Waals surface area contributed by atoms with Crippen molar-refractivity contribution in [1.82, 2.24) is 9.88 Å². The molecule has 2 atom stereocenters. The highest BCUT2D eigenvalue weighted by molar-refractivity contribution is 6.04. The van der Waals surface area contributed by atoms with E-state index in [9.17, 15) is 18.0 Å². The Hall–Kier alpha value is -3.14. The third kappa shape index (κ3) is 6.47. The molecule has 184 valence electrons. The van der Waals surface area contributed by atoms with Crippen LogP contribution in [0.2, 0.25) is 0 Å². The molecule has 2 aliphatic heterocycles. The van der Waals surface area contributed by atoms with Gasteiger partial charge in [0.2, 0.25) is 0 Å². The van der Waals surface area contributed by atoms with Crippen molar-refractivity contribution in [2.45, 2.75) is 51.4 Å². The Labute approximate surface area is 196 Å². The quantitative estimate of drug-likeness (QED) is 0.680. The summed E-state index contributed by atoms with van der Waals surface area (Å²) in [6.45, 7) is 7.95. The Kier molecular flexibility index (Phi) is 8.14. The number of rotatable bonds is 4. The molecule has 0 radical (unpaired) electrons. The lowest BCUT2D eigenvalue weighted by Gasteiger charge is -2.29. The van der Waals surface area contributed by atoms with E-state index in [4.69, 9.17) is 9.90 Å². The van der Waals surface area contributed by atoms with E-state index in [1.807, 2.05) is 6.07 Å². The minimum atomic E-state index is -5.08. The van der Waals surface area contributed by atoms with E-state index in [1.165, 1.54) is 37.1 Å². The fraction of sp³-hybridized carbons (Fsp3) is 0.458. The topological polar surface area (TPSA) is 85.8 Å². The number of nitrogens with zero attached hydrogens (tertiary/aromatic N) is 3. The fourth-order valence-corrected chi connectivity index (χ4v) is 4.52. The van der Waals surface area contributed by atoms with Crippen LogP contribution in [0.5, 0.6) is 0 Å². The van der Waals surface area contributed by atoms with E-state index in [0.29, 0.717) is 11.6 Å². The Morgan fingerprint density at radius 3 is 2.47 bits per heavy atom. The van der Waals surface area contributed by atoms with Gasteiger partial charge in [0.25, 0.3) is 5.91 Å². The molecule has 2 fully saturated rings. The molecule has 2 aliphatic rings. The van der Waals surface area contributed by atoms with Crippen LogP contribution in [-0.4, -0.2) is 64.8 Å². The largest absolute Gasteiger partial charge is 0.490 e. The Bertz CT molecular complexity index is 1000. The van der Waals surface area contributed by atoms with Gasteiger partial charge >= 0.3 is 12.1 Å². The van der Waals surface area contributed by atoms with E-state index >= 15 is 0 Å². The normalized spacial score (nSPS) is 20.6. The first kappa shape index (κ1) is 25.5. The average molecular weight is 479 g/mol. The molecule has 0 spiro atoms. The molecule has 0 saturated carbocycles.